The first-order valence-electron chi connectivity index (χ1n) is 3.71. The molecular formula is C8H11N3O. The summed E-state index contributed by atoms with van der Waals surface area (Å²) >= 11 is 0. The summed E-state index contributed by atoms with van der Waals surface area (Å²) in [6, 6.07) is 2.02. The number of ether oxygens (including phenoxy) is 1. The van der Waals surface area contributed by atoms with Crippen LogP contribution >= 0.6 is 0 Å². The molecule has 1 atom stereocenters. The largest absolute Gasteiger partial charge is 0.499 e. The molecule has 0 fully saturated rings. The minimum absolute atomic E-state index is 0.0645. The fourth-order valence-electron chi connectivity index (χ4n) is 1.18. The Morgan fingerprint density at radius 2 is 2.67 bits per heavy atom. The van der Waals surface area contributed by atoms with E-state index in [0.717, 1.165) is 0 Å². The highest BCUT2D eigenvalue weighted by atomic mass is 16.5. The van der Waals surface area contributed by atoms with Crippen LogP contribution in [0.2, 0.25) is 0 Å². The van der Waals surface area contributed by atoms with Crippen LogP contribution < -0.4 is 5.73 Å². The van der Waals surface area contributed by atoms with Crippen LogP contribution in [0.5, 0.6) is 0 Å². The average molecular weight is 165 g/mol. The smallest absolute Gasteiger partial charge is 0.121 e. The lowest BCUT2D eigenvalue weighted by molar-refractivity contribution is 0.242. The fourth-order valence-corrected chi connectivity index (χ4v) is 1.18. The number of nitrogens with zero attached hydrogens (tertiary/aromatic N) is 2. The summed E-state index contributed by atoms with van der Waals surface area (Å²) in [6.07, 6.45) is 1.53. The zero-order chi connectivity index (χ0) is 8.97. The Hall–Kier alpha value is -1.34. The molecule has 12 heavy (non-hydrogen) atoms. The van der Waals surface area contributed by atoms with Gasteiger partial charge < -0.3 is 10.5 Å². The van der Waals surface area contributed by atoms with Crippen LogP contribution in [-0.2, 0) is 4.74 Å². The molecule has 0 amide bonds. The SMILES string of the molecule is COC1=C(C#N)C=NCC1CN. The van der Waals surface area contributed by atoms with Crippen molar-refractivity contribution in [1.82, 2.24) is 0 Å². The number of nitrogens with two attached hydrogens (primary N) is 1. The van der Waals surface area contributed by atoms with Crippen LogP contribution in [0.3, 0.4) is 0 Å². The van der Waals surface area contributed by atoms with Gasteiger partial charge in [0.2, 0.25) is 0 Å². The Bertz CT molecular complexity index is 262. The van der Waals surface area contributed by atoms with Gasteiger partial charge in [-0.15, -0.1) is 0 Å². The molecule has 0 aromatic heterocycles. The van der Waals surface area contributed by atoms with Crippen molar-refractivity contribution in [2.24, 2.45) is 16.6 Å². The van der Waals surface area contributed by atoms with Gasteiger partial charge in [0.15, 0.2) is 0 Å². The topological polar surface area (TPSA) is 71.4 Å². The summed E-state index contributed by atoms with van der Waals surface area (Å²) in [5.74, 6) is 0.727. The first-order chi connectivity index (χ1) is 5.83. The van der Waals surface area contributed by atoms with E-state index in [4.69, 9.17) is 15.7 Å². The fraction of sp³-hybridized carbons (Fsp3) is 0.500. The second kappa shape index (κ2) is 3.88. The third-order valence-electron chi connectivity index (χ3n) is 1.81. The summed E-state index contributed by atoms with van der Waals surface area (Å²) in [7, 11) is 1.55. The summed E-state index contributed by atoms with van der Waals surface area (Å²) in [5, 5.41) is 8.69. The molecule has 1 aliphatic heterocycles. The molecule has 1 aliphatic rings. The van der Waals surface area contributed by atoms with Gasteiger partial charge in [-0.05, 0) is 0 Å². The molecule has 1 rings (SSSR count). The van der Waals surface area contributed by atoms with E-state index in [2.05, 4.69) is 4.99 Å². The molecule has 1 unspecified atom stereocenters. The summed E-state index contributed by atoms with van der Waals surface area (Å²) in [4.78, 5) is 4.01. The van der Waals surface area contributed by atoms with Crippen molar-refractivity contribution in [2.45, 2.75) is 0 Å². The van der Waals surface area contributed by atoms with Crippen molar-refractivity contribution in [1.29, 1.82) is 5.26 Å². The summed E-state index contributed by atoms with van der Waals surface area (Å²) in [5.41, 5.74) is 5.97. The van der Waals surface area contributed by atoms with E-state index in [0.29, 0.717) is 24.4 Å². The van der Waals surface area contributed by atoms with Crippen molar-refractivity contribution in [3.63, 3.8) is 0 Å². The van der Waals surface area contributed by atoms with Gasteiger partial charge >= 0.3 is 0 Å². The van der Waals surface area contributed by atoms with Crippen molar-refractivity contribution in [3.8, 4) is 6.07 Å². The van der Waals surface area contributed by atoms with Gasteiger partial charge in [-0.3, -0.25) is 4.99 Å². The van der Waals surface area contributed by atoms with Gasteiger partial charge in [0, 0.05) is 18.7 Å². The molecule has 0 bridgehead atoms. The predicted molar refractivity (Wildman–Crippen MR) is 45.6 cm³/mol. The molecule has 0 saturated carbocycles. The predicted octanol–water partition coefficient (Wildman–Crippen LogP) is 0.0698. The number of nitriles is 1. The van der Waals surface area contributed by atoms with Crippen molar-refractivity contribution < 1.29 is 4.74 Å². The molecule has 0 spiro atoms. The van der Waals surface area contributed by atoms with Gasteiger partial charge in [0.1, 0.15) is 17.4 Å². The third-order valence-corrected chi connectivity index (χ3v) is 1.81. The van der Waals surface area contributed by atoms with E-state index in [1.165, 1.54) is 6.21 Å². The van der Waals surface area contributed by atoms with Gasteiger partial charge in [-0.25, -0.2) is 0 Å². The molecule has 0 saturated heterocycles. The van der Waals surface area contributed by atoms with Crippen molar-refractivity contribution in [3.05, 3.63) is 11.3 Å². The highest BCUT2D eigenvalue weighted by molar-refractivity contribution is 5.85. The number of methoxy groups -OCH3 is 1. The lowest BCUT2D eigenvalue weighted by Crippen LogP contribution is -2.24. The van der Waals surface area contributed by atoms with Gasteiger partial charge in [-0.1, -0.05) is 0 Å². The minimum atomic E-state index is 0.0645. The van der Waals surface area contributed by atoms with Crippen LogP contribution in [-0.4, -0.2) is 26.4 Å². The zero-order valence-electron chi connectivity index (χ0n) is 6.95. The molecule has 0 aliphatic carbocycles. The molecule has 0 radical (unpaired) electrons. The maximum Gasteiger partial charge on any atom is 0.121 e. The average Bonchev–Trinajstić information content (AvgIpc) is 2.16. The van der Waals surface area contributed by atoms with Crippen LogP contribution in [0.15, 0.2) is 16.3 Å². The Morgan fingerprint density at radius 3 is 3.17 bits per heavy atom. The zero-order valence-corrected chi connectivity index (χ0v) is 6.95. The maximum absolute atomic E-state index is 8.69. The number of aliphatic imine (C=N–C) groups is 1. The number of rotatable bonds is 2. The van der Waals surface area contributed by atoms with Crippen LogP contribution in [0, 0.1) is 17.2 Å². The first-order valence-corrected chi connectivity index (χ1v) is 3.71. The van der Waals surface area contributed by atoms with Gasteiger partial charge in [0.05, 0.1) is 13.7 Å². The summed E-state index contributed by atoms with van der Waals surface area (Å²) in [6.45, 7) is 1.08. The Balaban J connectivity index is 2.95. The molecule has 4 nitrogen and oxygen atoms in total. The van der Waals surface area contributed by atoms with E-state index < -0.39 is 0 Å². The van der Waals surface area contributed by atoms with Crippen molar-refractivity contribution in [2.75, 3.05) is 20.2 Å². The first kappa shape index (κ1) is 8.75. The van der Waals surface area contributed by atoms with Gasteiger partial charge in [-0.2, -0.15) is 5.26 Å². The summed E-state index contributed by atoms with van der Waals surface area (Å²) < 4.78 is 5.08. The number of hydrogen-bond acceptors (Lipinski definition) is 4. The van der Waals surface area contributed by atoms with E-state index in [1.54, 1.807) is 7.11 Å². The Kier molecular flexibility index (Phi) is 2.83. The molecule has 0 aromatic rings. The molecule has 1 heterocycles. The van der Waals surface area contributed by atoms with E-state index in [1.807, 2.05) is 6.07 Å². The monoisotopic (exact) mass is 165 g/mol. The highest BCUT2D eigenvalue weighted by Gasteiger charge is 2.20. The minimum Gasteiger partial charge on any atom is -0.499 e. The van der Waals surface area contributed by atoms with Crippen LogP contribution in [0.4, 0.5) is 0 Å². The third kappa shape index (κ3) is 1.46. The quantitative estimate of drug-likeness (QED) is 0.629. The standard InChI is InChI=1S/C8H11N3O/c1-12-8-6(2-9)4-11-5-7(8)3-10/h5-6H,2,4,9H2,1H3. The van der Waals surface area contributed by atoms with Crippen molar-refractivity contribution >= 4 is 6.21 Å². The lowest BCUT2D eigenvalue weighted by Gasteiger charge is -2.19. The number of hydrogen-bond donors (Lipinski definition) is 1. The van der Waals surface area contributed by atoms with E-state index >= 15 is 0 Å². The Labute approximate surface area is 71.3 Å². The molecule has 0 aromatic carbocycles. The van der Waals surface area contributed by atoms with Crippen LogP contribution in [0.25, 0.3) is 0 Å². The number of allylic oxidation sites excluding steroid dienone is 1. The second-order valence-electron chi connectivity index (χ2n) is 2.52. The maximum atomic E-state index is 8.69. The molecule has 4 heteroatoms. The molecule has 64 valence electrons. The normalized spacial score (nSPS) is 22.2. The number of dihydropyridines is 1. The lowest BCUT2D eigenvalue weighted by atomic mass is 10.0. The second-order valence-corrected chi connectivity index (χ2v) is 2.52. The molecule has 2 N–H and O–H groups in total. The van der Waals surface area contributed by atoms with E-state index in [9.17, 15) is 0 Å². The Morgan fingerprint density at radius 1 is 1.92 bits per heavy atom. The van der Waals surface area contributed by atoms with Crippen LogP contribution in [0.1, 0.15) is 0 Å². The molecular weight excluding hydrogens is 154 g/mol. The van der Waals surface area contributed by atoms with E-state index in [-0.39, 0.29) is 5.92 Å². The highest BCUT2D eigenvalue weighted by Crippen LogP contribution is 2.18. The van der Waals surface area contributed by atoms with Gasteiger partial charge in [0.25, 0.3) is 0 Å².